The second kappa shape index (κ2) is 2.71. The third-order valence-electron chi connectivity index (χ3n) is 2.56. The third kappa shape index (κ3) is 1.04. The van der Waals surface area contributed by atoms with Crippen molar-refractivity contribution >= 4 is 27.5 Å². The molecule has 3 rings (SSSR count). The van der Waals surface area contributed by atoms with Gasteiger partial charge in [-0.1, -0.05) is 24.3 Å². The fraction of sp³-hybridized carbons (Fsp3) is 0.167. The number of thiophene rings is 1. The van der Waals surface area contributed by atoms with Crippen LogP contribution in [0.4, 0.5) is 0 Å². The average Bonchev–Trinajstić information content (AvgIpc) is 2.56. The van der Waals surface area contributed by atoms with Crippen LogP contribution in [0.15, 0.2) is 30.3 Å². The molecule has 0 aliphatic heterocycles. The first-order chi connectivity index (χ1) is 6.45. The maximum atomic E-state index is 2.28. The summed E-state index contributed by atoms with van der Waals surface area (Å²) >= 11 is 1.91. The van der Waals surface area contributed by atoms with Crippen molar-refractivity contribution < 1.29 is 0 Å². The van der Waals surface area contributed by atoms with Crippen LogP contribution in [0.5, 0.6) is 0 Å². The van der Waals surface area contributed by atoms with Gasteiger partial charge in [-0.25, -0.2) is 0 Å². The van der Waals surface area contributed by atoms with Crippen molar-refractivity contribution in [3.8, 4) is 0 Å². The summed E-state index contributed by atoms with van der Waals surface area (Å²) in [6, 6.07) is 8.71. The van der Waals surface area contributed by atoms with Gasteiger partial charge in [0.25, 0.3) is 0 Å². The van der Waals surface area contributed by atoms with Gasteiger partial charge in [0.2, 0.25) is 0 Å². The van der Waals surface area contributed by atoms with Gasteiger partial charge in [0.1, 0.15) is 0 Å². The first kappa shape index (κ1) is 7.34. The molecule has 0 spiro atoms. The van der Waals surface area contributed by atoms with Gasteiger partial charge >= 0.3 is 0 Å². The molecule has 0 nitrogen and oxygen atoms in total. The van der Waals surface area contributed by atoms with Crippen LogP contribution < -0.4 is 0 Å². The fourth-order valence-corrected chi connectivity index (χ4v) is 3.11. The van der Waals surface area contributed by atoms with Crippen molar-refractivity contribution in [2.45, 2.75) is 12.8 Å². The van der Waals surface area contributed by atoms with Crippen LogP contribution in [-0.4, -0.2) is 0 Å². The lowest BCUT2D eigenvalue weighted by atomic mass is 10.0. The van der Waals surface area contributed by atoms with Crippen LogP contribution in [0.2, 0.25) is 0 Å². The molecule has 1 heteroatoms. The summed E-state index contributed by atoms with van der Waals surface area (Å²) in [5.41, 5.74) is 1.56. The Hall–Kier alpha value is -1.08. The van der Waals surface area contributed by atoms with Crippen LogP contribution in [0.3, 0.4) is 0 Å². The van der Waals surface area contributed by atoms with E-state index >= 15 is 0 Å². The molecule has 1 aromatic heterocycles. The molecule has 1 aliphatic rings. The minimum atomic E-state index is 1.20. The summed E-state index contributed by atoms with van der Waals surface area (Å²) in [5, 5.41) is 1.46. The second-order valence-electron chi connectivity index (χ2n) is 3.38. The van der Waals surface area contributed by atoms with E-state index in [9.17, 15) is 0 Å². The Morgan fingerprint density at radius 1 is 1.15 bits per heavy atom. The minimum absolute atomic E-state index is 1.20. The topological polar surface area (TPSA) is 0 Å². The van der Waals surface area contributed by atoms with E-state index in [2.05, 4.69) is 36.4 Å². The maximum Gasteiger partial charge on any atom is 0.0352 e. The molecule has 64 valence electrons. The fourth-order valence-electron chi connectivity index (χ4n) is 1.93. The molecule has 0 radical (unpaired) electrons. The quantitative estimate of drug-likeness (QED) is 0.586. The first-order valence-electron chi connectivity index (χ1n) is 4.62. The Balaban J connectivity index is 2.41. The predicted octanol–water partition coefficient (Wildman–Crippen LogP) is 3.86. The smallest absolute Gasteiger partial charge is 0.0352 e. The highest BCUT2D eigenvalue weighted by atomic mass is 32.1. The molecule has 0 saturated heterocycles. The zero-order chi connectivity index (χ0) is 8.67. The van der Waals surface area contributed by atoms with Crippen LogP contribution in [0, 0.1) is 0 Å². The molecule has 0 amide bonds. The van der Waals surface area contributed by atoms with Crippen LogP contribution in [-0.2, 0) is 6.42 Å². The molecular formula is C12H10S. The molecule has 0 fully saturated rings. The van der Waals surface area contributed by atoms with Crippen LogP contribution in [0.25, 0.3) is 16.2 Å². The summed E-state index contributed by atoms with van der Waals surface area (Å²) < 4.78 is 1.43. The number of aryl methyl sites for hydroxylation is 1. The van der Waals surface area contributed by atoms with Crippen molar-refractivity contribution in [1.29, 1.82) is 0 Å². The number of rotatable bonds is 0. The van der Waals surface area contributed by atoms with Crippen molar-refractivity contribution in [3.63, 3.8) is 0 Å². The van der Waals surface area contributed by atoms with E-state index in [-0.39, 0.29) is 0 Å². The number of fused-ring (bicyclic) bond motifs is 3. The summed E-state index contributed by atoms with van der Waals surface area (Å²) in [7, 11) is 0. The molecule has 1 aromatic carbocycles. The summed E-state index contributed by atoms with van der Waals surface area (Å²) in [6.45, 7) is 0. The summed E-state index contributed by atoms with van der Waals surface area (Å²) in [4.78, 5) is 1.47. The molecular weight excluding hydrogens is 176 g/mol. The van der Waals surface area contributed by atoms with E-state index in [4.69, 9.17) is 0 Å². The number of allylic oxidation sites excluding steroid dienone is 1. The summed E-state index contributed by atoms with van der Waals surface area (Å²) in [6.07, 6.45) is 6.96. The standard InChI is InChI=1S/C12H10S/c1-3-7-11-9(5-1)10-6-2-4-8-12(10)13-11/h1,3-5,7-8H,2,6H2. The number of benzene rings is 1. The Bertz CT molecular complexity index is 477. The molecule has 0 N–H and O–H groups in total. The van der Waals surface area contributed by atoms with Crippen LogP contribution in [0.1, 0.15) is 16.9 Å². The Morgan fingerprint density at radius 3 is 3.08 bits per heavy atom. The largest absolute Gasteiger partial charge is 0.136 e. The van der Waals surface area contributed by atoms with E-state index in [1.165, 1.54) is 27.8 Å². The molecule has 0 atom stereocenters. The number of hydrogen-bond donors (Lipinski definition) is 0. The van der Waals surface area contributed by atoms with Crippen molar-refractivity contribution in [1.82, 2.24) is 0 Å². The molecule has 0 unspecified atom stereocenters. The second-order valence-corrected chi connectivity index (χ2v) is 4.47. The van der Waals surface area contributed by atoms with Gasteiger partial charge in [-0.05, 0) is 35.9 Å². The lowest BCUT2D eigenvalue weighted by Crippen LogP contribution is -1.88. The number of hydrogen-bond acceptors (Lipinski definition) is 1. The lowest BCUT2D eigenvalue weighted by molar-refractivity contribution is 1.01. The van der Waals surface area contributed by atoms with Gasteiger partial charge in [0.05, 0.1) is 0 Å². The first-order valence-corrected chi connectivity index (χ1v) is 5.44. The summed E-state index contributed by atoms with van der Waals surface area (Å²) in [5.74, 6) is 0. The van der Waals surface area contributed by atoms with Crippen molar-refractivity contribution in [2.75, 3.05) is 0 Å². The monoisotopic (exact) mass is 186 g/mol. The maximum absolute atomic E-state index is 2.28. The molecule has 13 heavy (non-hydrogen) atoms. The van der Waals surface area contributed by atoms with Gasteiger partial charge in [-0.15, -0.1) is 11.3 Å². The van der Waals surface area contributed by atoms with E-state index < -0.39 is 0 Å². The highest BCUT2D eigenvalue weighted by molar-refractivity contribution is 7.20. The highest BCUT2D eigenvalue weighted by Crippen LogP contribution is 2.35. The Labute approximate surface area is 81.5 Å². The predicted molar refractivity (Wildman–Crippen MR) is 59.2 cm³/mol. The molecule has 0 saturated carbocycles. The van der Waals surface area contributed by atoms with E-state index in [1.54, 1.807) is 5.56 Å². The normalized spacial score (nSPS) is 14.8. The minimum Gasteiger partial charge on any atom is -0.136 e. The van der Waals surface area contributed by atoms with Gasteiger partial charge < -0.3 is 0 Å². The van der Waals surface area contributed by atoms with Crippen molar-refractivity contribution in [3.05, 3.63) is 40.8 Å². The molecule has 0 bridgehead atoms. The molecule has 1 heterocycles. The highest BCUT2D eigenvalue weighted by Gasteiger charge is 2.10. The van der Waals surface area contributed by atoms with Gasteiger partial charge in [-0.3, -0.25) is 0 Å². The SMILES string of the molecule is C1=Cc2sc3ccccc3c2CC1. The Kier molecular flexibility index (Phi) is 1.53. The third-order valence-corrected chi connectivity index (χ3v) is 3.74. The molecule has 1 aliphatic carbocycles. The van der Waals surface area contributed by atoms with E-state index in [1.807, 2.05) is 11.3 Å². The van der Waals surface area contributed by atoms with E-state index in [0.29, 0.717) is 0 Å². The zero-order valence-electron chi connectivity index (χ0n) is 7.29. The van der Waals surface area contributed by atoms with Gasteiger partial charge in [0, 0.05) is 9.58 Å². The lowest BCUT2D eigenvalue weighted by Gasteiger charge is -2.03. The molecule has 2 aromatic rings. The van der Waals surface area contributed by atoms with Gasteiger partial charge in [0.15, 0.2) is 0 Å². The zero-order valence-corrected chi connectivity index (χ0v) is 8.10. The van der Waals surface area contributed by atoms with Gasteiger partial charge in [-0.2, -0.15) is 0 Å². The Morgan fingerprint density at radius 2 is 2.08 bits per heavy atom. The van der Waals surface area contributed by atoms with Crippen LogP contribution >= 0.6 is 11.3 Å². The van der Waals surface area contributed by atoms with E-state index in [0.717, 1.165) is 0 Å². The van der Waals surface area contributed by atoms with Crippen molar-refractivity contribution in [2.24, 2.45) is 0 Å². The average molecular weight is 186 g/mol.